The summed E-state index contributed by atoms with van der Waals surface area (Å²) in [7, 11) is -4.60. The molecular formula is C47H86O12S. The summed E-state index contributed by atoms with van der Waals surface area (Å²) in [4.78, 5) is 25.4. The summed E-state index contributed by atoms with van der Waals surface area (Å²) in [5.41, 5.74) is 0. The summed E-state index contributed by atoms with van der Waals surface area (Å²) in [5.74, 6) is -1.98. The molecule has 0 bridgehead atoms. The summed E-state index contributed by atoms with van der Waals surface area (Å²) in [5, 5.41) is 30.9. The number of aliphatic hydroxyl groups is 3. The maximum atomic E-state index is 12.8. The topological polar surface area (TPSA) is 186 Å². The Kier molecular flexibility index (Phi) is 35.2. The number of aliphatic hydroxyl groups excluding tert-OH is 3. The Morgan fingerprint density at radius 3 is 1.50 bits per heavy atom. The van der Waals surface area contributed by atoms with Gasteiger partial charge in [-0.3, -0.25) is 14.1 Å². The largest absolute Gasteiger partial charge is 0.462 e. The van der Waals surface area contributed by atoms with Crippen molar-refractivity contribution in [1.29, 1.82) is 0 Å². The Hall–Kier alpha value is -1.87. The third-order valence-electron chi connectivity index (χ3n) is 11.0. The Morgan fingerprint density at radius 1 is 0.567 bits per heavy atom. The zero-order chi connectivity index (χ0) is 44.1. The lowest BCUT2D eigenvalue weighted by molar-refractivity contribution is -0.297. The van der Waals surface area contributed by atoms with Gasteiger partial charge in [-0.15, -0.1) is 0 Å². The van der Waals surface area contributed by atoms with Gasteiger partial charge in [0.25, 0.3) is 10.1 Å². The summed E-state index contributed by atoms with van der Waals surface area (Å²) in [6, 6.07) is 0. The fourth-order valence-corrected chi connectivity index (χ4v) is 7.99. The van der Waals surface area contributed by atoms with Gasteiger partial charge in [0.05, 0.1) is 6.61 Å². The molecule has 6 atom stereocenters. The third kappa shape index (κ3) is 31.9. The molecule has 1 fully saturated rings. The van der Waals surface area contributed by atoms with Crippen LogP contribution in [-0.4, -0.2) is 96.0 Å². The molecule has 0 saturated carbocycles. The smallest absolute Gasteiger partial charge is 0.306 e. The molecule has 1 saturated heterocycles. The van der Waals surface area contributed by atoms with E-state index in [0.29, 0.717) is 12.8 Å². The monoisotopic (exact) mass is 875 g/mol. The maximum absolute atomic E-state index is 12.8. The predicted octanol–water partition coefficient (Wildman–Crippen LogP) is 10.0. The Bertz CT molecular complexity index is 1210. The Labute approximate surface area is 364 Å². The third-order valence-corrected chi connectivity index (χ3v) is 11.8. The molecule has 0 aliphatic carbocycles. The van der Waals surface area contributed by atoms with Crippen LogP contribution < -0.4 is 0 Å². The summed E-state index contributed by atoms with van der Waals surface area (Å²) in [6.07, 6.45) is 32.2. The first-order valence-electron chi connectivity index (χ1n) is 23.9. The number of ether oxygens (including phenoxy) is 4. The van der Waals surface area contributed by atoms with Crippen LogP contribution >= 0.6 is 0 Å². The van der Waals surface area contributed by atoms with Crippen molar-refractivity contribution >= 4 is 22.1 Å². The molecule has 0 spiro atoms. The van der Waals surface area contributed by atoms with Gasteiger partial charge in [-0.1, -0.05) is 173 Å². The first-order valence-corrected chi connectivity index (χ1v) is 25.5. The zero-order valence-electron chi connectivity index (χ0n) is 37.6. The Morgan fingerprint density at radius 2 is 1.00 bits per heavy atom. The van der Waals surface area contributed by atoms with Crippen LogP contribution in [0.5, 0.6) is 0 Å². The van der Waals surface area contributed by atoms with Crippen molar-refractivity contribution in [2.75, 3.05) is 19.0 Å². The molecule has 1 rings (SSSR count). The van der Waals surface area contributed by atoms with Gasteiger partial charge in [-0.2, -0.15) is 8.42 Å². The van der Waals surface area contributed by atoms with E-state index in [1.807, 2.05) is 0 Å². The average Bonchev–Trinajstić information content (AvgIpc) is 3.21. The maximum Gasteiger partial charge on any atom is 0.306 e. The molecule has 0 aromatic rings. The number of carbonyl (C=O) groups is 2. The van der Waals surface area contributed by atoms with Gasteiger partial charge in [0.1, 0.15) is 36.8 Å². The van der Waals surface area contributed by atoms with Crippen LogP contribution in [0.15, 0.2) is 24.3 Å². The molecule has 0 aromatic carbocycles. The predicted molar refractivity (Wildman–Crippen MR) is 238 cm³/mol. The second-order valence-corrected chi connectivity index (χ2v) is 18.3. The normalized spacial score (nSPS) is 20.3. The first kappa shape index (κ1) is 56.1. The molecule has 352 valence electrons. The molecule has 60 heavy (non-hydrogen) atoms. The van der Waals surface area contributed by atoms with Crippen LogP contribution in [-0.2, 0) is 38.7 Å². The highest BCUT2D eigenvalue weighted by molar-refractivity contribution is 7.85. The molecule has 0 aromatic heterocycles. The first-order chi connectivity index (χ1) is 29.0. The van der Waals surface area contributed by atoms with Crippen LogP contribution in [0.4, 0.5) is 0 Å². The molecule has 1 aliphatic heterocycles. The van der Waals surface area contributed by atoms with Crippen molar-refractivity contribution in [3.8, 4) is 0 Å². The van der Waals surface area contributed by atoms with E-state index in [0.717, 1.165) is 51.4 Å². The fraction of sp³-hybridized carbons (Fsp3) is 0.872. The number of unbranched alkanes of at least 4 members (excludes halogenated alkanes) is 24. The number of rotatable bonds is 40. The summed E-state index contributed by atoms with van der Waals surface area (Å²) < 4.78 is 54.1. The lowest BCUT2D eigenvalue weighted by atomic mass is 10.00. The Balaban J connectivity index is 2.39. The van der Waals surface area contributed by atoms with Gasteiger partial charge in [-0.05, 0) is 44.9 Å². The SMILES string of the molecule is CCCCC/C=C/C/C=C/CCCCCCCCCCCC(=O)OC[C@H](CO[C@H]1O[C@H](CS(=O)(=O)O)[C@@H](O)C(O)C1O)OC(=O)CCCCCCCCCCCCCCC. The van der Waals surface area contributed by atoms with Gasteiger partial charge >= 0.3 is 11.9 Å². The van der Waals surface area contributed by atoms with E-state index in [1.54, 1.807) is 0 Å². The highest BCUT2D eigenvalue weighted by atomic mass is 32.2. The zero-order valence-corrected chi connectivity index (χ0v) is 38.4. The standard InChI is InChI=1S/C47H86O12S/c1-3-5-7-9-11-13-15-17-18-19-20-21-22-24-25-27-29-31-33-35-42(48)56-37-40(38-57-47-46(52)45(51)44(50)41(59-47)39-60(53,54)55)58-43(49)36-34-32-30-28-26-23-16-14-12-10-8-6-4-2/h11,13,17-18,40-41,44-47,50-52H,3-10,12,14-16,19-39H2,1-2H3,(H,53,54,55)/b13-11+,18-17+/t40-,41-,44-,45?,46?,47+/m1/s1. The van der Waals surface area contributed by atoms with Crippen molar-refractivity contribution in [1.82, 2.24) is 0 Å². The van der Waals surface area contributed by atoms with Crippen molar-refractivity contribution in [3.05, 3.63) is 24.3 Å². The van der Waals surface area contributed by atoms with Crippen LogP contribution in [0.25, 0.3) is 0 Å². The molecule has 0 amide bonds. The van der Waals surface area contributed by atoms with E-state index in [-0.39, 0.29) is 19.4 Å². The van der Waals surface area contributed by atoms with Crippen LogP contribution in [0.1, 0.15) is 206 Å². The van der Waals surface area contributed by atoms with Gasteiger partial charge in [0.15, 0.2) is 12.4 Å². The van der Waals surface area contributed by atoms with Gasteiger partial charge in [0, 0.05) is 12.8 Å². The molecule has 2 unspecified atom stereocenters. The van der Waals surface area contributed by atoms with Crippen molar-refractivity contribution in [2.24, 2.45) is 0 Å². The van der Waals surface area contributed by atoms with Crippen molar-refractivity contribution in [3.63, 3.8) is 0 Å². The average molecular weight is 875 g/mol. The van der Waals surface area contributed by atoms with E-state index in [2.05, 4.69) is 38.2 Å². The van der Waals surface area contributed by atoms with Crippen molar-refractivity contribution in [2.45, 2.75) is 243 Å². The number of allylic oxidation sites excluding steroid dienone is 4. The molecular weight excluding hydrogens is 789 g/mol. The molecule has 12 nitrogen and oxygen atoms in total. The molecule has 1 heterocycles. The molecule has 1 aliphatic rings. The van der Waals surface area contributed by atoms with Crippen LogP contribution in [0.3, 0.4) is 0 Å². The van der Waals surface area contributed by atoms with Crippen molar-refractivity contribution < 1.29 is 56.8 Å². The van der Waals surface area contributed by atoms with Gasteiger partial charge in [0.2, 0.25) is 0 Å². The highest BCUT2D eigenvalue weighted by Gasteiger charge is 2.46. The van der Waals surface area contributed by atoms with Gasteiger partial charge < -0.3 is 34.3 Å². The van der Waals surface area contributed by atoms with Crippen LogP contribution in [0.2, 0.25) is 0 Å². The summed E-state index contributed by atoms with van der Waals surface area (Å²) >= 11 is 0. The quantitative estimate of drug-likeness (QED) is 0.0198. The minimum absolute atomic E-state index is 0.167. The second-order valence-electron chi connectivity index (χ2n) is 16.8. The lowest BCUT2D eigenvalue weighted by Crippen LogP contribution is -2.60. The van der Waals surface area contributed by atoms with Crippen LogP contribution in [0, 0.1) is 0 Å². The molecule has 13 heteroatoms. The van der Waals surface area contributed by atoms with E-state index in [4.69, 9.17) is 18.9 Å². The van der Waals surface area contributed by atoms with E-state index in [9.17, 15) is 37.9 Å². The minimum Gasteiger partial charge on any atom is -0.462 e. The molecule has 0 radical (unpaired) electrons. The number of hydrogen-bond donors (Lipinski definition) is 4. The number of carbonyl (C=O) groups excluding carboxylic acids is 2. The molecule has 4 N–H and O–H groups in total. The second kappa shape index (κ2) is 37.7. The highest BCUT2D eigenvalue weighted by Crippen LogP contribution is 2.24. The number of hydrogen-bond acceptors (Lipinski definition) is 11. The fourth-order valence-electron chi connectivity index (χ4n) is 7.30. The van der Waals surface area contributed by atoms with E-state index >= 15 is 0 Å². The van der Waals surface area contributed by atoms with E-state index < -0.39 is 71.2 Å². The van der Waals surface area contributed by atoms with Gasteiger partial charge in [-0.25, -0.2) is 0 Å². The lowest BCUT2D eigenvalue weighted by Gasteiger charge is -2.40. The van der Waals surface area contributed by atoms with E-state index in [1.165, 1.54) is 116 Å². The number of esters is 2. The minimum atomic E-state index is -4.60. The summed E-state index contributed by atoms with van der Waals surface area (Å²) in [6.45, 7) is 3.74.